The third-order valence-corrected chi connectivity index (χ3v) is 4.82. The fourth-order valence-electron chi connectivity index (χ4n) is 3.50. The van der Waals surface area contributed by atoms with Crippen LogP contribution in [-0.2, 0) is 16.0 Å². The lowest BCUT2D eigenvalue weighted by molar-refractivity contribution is -0.129. The third kappa shape index (κ3) is 3.82. The van der Waals surface area contributed by atoms with E-state index in [4.69, 9.17) is 0 Å². The number of esters is 1. The molecule has 5 nitrogen and oxygen atoms in total. The van der Waals surface area contributed by atoms with Gasteiger partial charge in [0.15, 0.2) is 11.6 Å². The predicted molar refractivity (Wildman–Crippen MR) is 94.1 cm³/mol. The molecular formula is C20H20F2N2O3. The molecule has 0 radical (unpaired) electrons. The first-order chi connectivity index (χ1) is 12.9. The van der Waals surface area contributed by atoms with E-state index < -0.39 is 23.6 Å². The Morgan fingerprint density at radius 1 is 1.26 bits per heavy atom. The van der Waals surface area contributed by atoms with Crippen LogP contribution in [-0.4, -0.2) is 35.4 Å². The summed E-state index contributed by atoms with van der Waals surface area (Å²) in [6.07, 6.45) is 4.30. The summed E-state index contributed by atoms with van der Waals surface area (Å²) in [6.45, 7) is 1.98. The van der Waals surface area contributed by atoms with Gasteiger partial charge in [0.1, 0.15) is 0 Å². The number of likely N-dealkylation sites (tertiary alicyclic amines) is 1. The number of hydrogen-bond donors (Lipinski definition) is 0. The lowest BCUT2D eigenvalue weighted by Crippen LogP contribution is -2.28. The van der Waals surface area contributed by atoms with Gasteiger partial charge in [-0.15, -0.1) is 0 Å². The highest BCUT2D eigenvalue weighted by Gasteiger charge is 2.31. The van der Waals surface area contributed by atoms with Crippen molar-refractivity contribution >= 4 is 11.9 Å². The molecule has 1 amide bonds. The largest absolute Gasteiger partial charge is 0.465 e. The van der Waals surface area contributed by atoms with Crippen molar-refractivity contribution in [2.45, 2.75) is 32.2 Å². The van der Waals surface area contributed by atoms with Crippen LogP contribution in [0.1, 0.15) is 52.9 Å². The minimum absolute atomic E-state index is 0.0853. The minimum Gasteiger partial charge on any atom is -0.465 e. The molecule has 1 aromatic carbocycles. The van der Waals surface area contributed by atoms with Crippen LogP contribution in [0.2, 0.25) is 0 Å². The topological polar surface area (TPSA) is 59.5 Å². The first-order valence-corrected chi connectivity index (χ1v) is 8.68. The summed E-state index contributed by atoms with van der Waals surface area (Å²) < 4.78 is 34.0. The van der Waals surface area contributed by atoms with Gasteiger partial charge < -0.3 is 9.64 Å². The number of aromatic nitrogens is 1. The second kappa shape index (κ2) is 7.82. The van der Waals surface area contributed by atoms with E-state index >= 15 is 0 Å². The number of ether oxygens (including phenoxy) is 1. The molecule has 2 heterocycles. The standard InChI is InChI=1S/C20H20F2N2O3/c1-12(25)24-7-3-4-17(24)16-6-5-14(18(21)19(16)22)8-13-9-15(11-23-10-13)20(26)27-2/h5-6,9-11,17H,3-4,7-8H2,1-2H3. The number of carbonyl (C=O) groups excluding carboxylic acids is 2. The van der Waals surface area contributed by atoms with Crippen molar-refractivity contribution < 1.29 is 23.1 Å². The van der Waals surface area contributed by atoms with Crippen LogP contribution in [0, 0.1) is 11.6 Å². The molecule has 1 unspecified atom stereocenters. The molecule has 142 valence electrons. The molecule has 7 heteroatoms. The van der Waals surface area contributed by atoms with E-state index in [1.54, 1.807) is 11.0 Å². The van der Waals surface area contributed by atoms with Crippen molar-refractivity contribution in [3.05, 3.63) is 64.5 Å². The SMILES string of the molecule is COC(=O)c1cncc(Cc2ccc(C3CCCN3C(C)=O)c(F)c2F)c1. The van der Waals surface area contributed by atoms with Gasteiger partial charge in [-0.05, 0) is 30.0 Å². The molecule has 0 N–H and O–H groups in total. The van der Waals surface area contributed by atoms with Gasteiger partial charge in [-0.25, -0.2) is 13.6 Å². The zero-order valence-electron chi connectivity index (χ0n) is 15.2. The van der Waals surface area contributed by atoms with E-state index in [-0.39, 0.29) is 29.0 Å². The number of nitrogens with zero attached hydrogens (tertiary/aromatic N) is 2. The molecule has 1 aliphatic rings. The van der Waals surface area contributed by atoms with Crippen molar-refractivity contribution in [3.8, 4) is 0 Å². The Bertz CT molecular complexity index is 886. The van der Waals surface area contributed by atoms with Gasteiger partial charge in [-0.2, -0.15) is 0 Å². The average molecular weight is 374 g/mol. The molecular weight excluding hydrogens is 354 g/mol. The second-order valence-electron chi connectivity index (χ2n) is 6.56. The van der Waals surface area contributed by atoms with Gasteiger partial charge in [-0.1, -0.05) is 12.1 Å². The van der Waals surface area contributed by atoms with Gasteiger partial charge in [0.05, 0.1) is 18.7 Å². The van der Waals surface area contributed by atoms with Gasteiger partial charge in [-0.3, -0.25) is 9.78 Å². The Morgan fingerprint density at radius 3 is 2.74 bits per heavy atom. The summed E-state index contributed by atoms with van der Waals surface area (Å²) in [5.74, 6) is -2.56. The van der Waals surface area contributed by atoms with E-state index in [1.165, 1.54) is 38.6 Å². The van der Waals surface area contributed by atoms with E-state index in [2.05, 4.69) is 9.72 Å². The molecule has 1 atom stereocenters. The molecule has 0 spiro atoms. The summed E-state index contributed by atoms with van der Waals surface area (Å²) in [5.41, 5.74) is 1.17. The van der Waals surface area contributed by atoms with E-state index in [0.29, 0.717) is 18.5 Å². The number of amides is 1. The molecule has 27 heavy (non-hydrogen) atoms. The Kier molecular flexibility index (Phi) is 5.48. The lowest BCUT2D eigenvalue weighted by Gasteiger charge is -2.24. The minimum atomic E-state index is -0.939. The van der Waals surface area contributed by atoms with Crippen LogP contribution in [0.25, 0.3) is 0 Å². The maximum absolute atomic E-state index is 14.7. The highest BCUT2D eigenvalue weighted by Crippen LogP contribution is 2.35. The highest BCUT2D eigenvalue weighted by molar-refractivity contribution is 5.89. The van der Waals surface area contributed by atoms with Crippen LogP contribution in [0.4, 0.5) is 8.78 Å². The van der Waals surface area contributed by atoms with Crippen molar-refractivity contribution in [2.75, 3.05) is 13.7 Å². The van der Waals surface area contributed by atoms with Gasteiger partial charge >= 0.3 is 5.97 Å². The van der Waals surface area contributed by atoms with E-state index in [9.17, 15) is 18.4 Å². The number of carbonyl (C=O) groups is 2. The Labute approximate surface area is 156 Å². The highest BCUT2D eigenvalue weighted by atomic mass is 19.2. The fourth-order valence-corrected chi connectivity index (χ4v) is 3.50. The Hall–Kier alpha value is -2.83. The van der Waals surface area contributed by atoms with Gasteiger partial charge in [0, 0.05) is 37.8 Å². The molecule has 0 bridgehead atoms. The second-order valence-corrected chi connectivity index (χ2v) is 6.56. The summed E-state index contributed by atoms with van der Waals surface area (Å²) in [6, 6.07) is 4.17. The smallest absolute Gasteiger partial charge is 0.339 e. The average Bonchev–Trinajstić information content (AvgIpc) is 3.15. The van der Waals surface area contributed by atoms with E-state index in [0.717, 1.165) is 6.42 Å². The number of benzene rings is 1. The van der Waals surface area contributed by atoms with Crippen molar-refractivity contribution in [2.24, 2.45) is 0 Å². The summed E-state index contributed by atoms with van der Waals surface area (Å²) in [5, 5.41) is 0. The van der Waals surface area contributed by atoms with Crippen LogP contribution >= 0.6 is 0 Å². The Morgan fingerprint density at radius 2 is 2.04 bits per heavy atom. The summed E-state index contributed by atoms with van der Waals surface area (Å²) in [7, 11) is 1.26. The number of rotatable bonds is 4. The monoisotopic (exact) mass is 374 g/mol. The number of halogens is 2. The molecule has 1 fully saturated rings. The maximum atomic E-state index is 14.7. The normalized spacial score (nSPS) is 16.4. The third-order valence-electron chi connectivity index (χ3n) is 4.82. The van der Waals surface area contributed by atoms with Crippen LogP contribution in [0.5, 0.6) is 0 Å². The van der Waals surface area contributed by atoms with Crippen molar-refractivity contribution in [3.63, 3.8) is 0 Å². The van der Waals surface area contributed by atoms with E-state index in [1.807, 2.05) is 0 Å². The summed E-state index contributed by atoms with van der Waals surface area (Å²) in [4.78, 5) is 28.8. The quantitative estimate of drug-likeness (QED) is 0.770. The molecule has 2 aromatic rings. The van der Waals surface area contributed by atoms with Crippen LogP contribution < -0.4 is 0 Å². The first kappa shape index (κ1) is 18.9. The molecule has 1 saturated heterocycles. The molecule has 0 saturated carbocycles. The fraction of sp³-hybridized carbons (Fsp3) is 0.350. The predicted octanol–water partition coefficient (Wildman–Crippen LogP) is 3.42. The van der Waals surface area contributed by atoms with Crippen LogP contribution in [0.15, 0.2) is 30.6 Å². The zero-order valence-corrected chi connectivity index (χ0v) is 15.2. The van der Waals surface area contributed by atoms with Crippen molar-refractivity contribution in [1.82, 2.24) is 9.88 Å². The van der Waals surface area contributed by atoms with Gasteiger partial charge in [0.25, 0.3) is 0 Å². The lowest BCUT2D eigenvalue weighted by atomic mass is 9.98. The maximum Gasteiger partial charge on any atom is 0.339 e. The molecule has 3 rings (SSSR count). The summed E-state index contributed by atoms with van der Waals surface area (Å²) >= 11 is 0. The first-order valence-electron chi connectivity index (χ1n) is 8.68. The molecule has 1 aliphatic heterocycles. The number of methoxy groups -OCH3 is 1. The van der Waals surface area contributed by atoms with Gasteiger partial charge in [0.2, 0.25) is 5.91 Å². The Balaban J connectivity index is 1.88. The van der Waals surface area contributed by atoms with Crippen molar-refractivity contribution in [1.29, 1.82) is 0 Å². The van der Waals surface area contributed by atoms with Crippen LogP contribution in [0.3, 0.4) is 0 Å². The number of hydrogen-bond acceptors (Lipinski definition) is 4. The number of pyridine rings is 1. The molecule has 1 aromatic heterocycles. The molecule has 0 aliphatic carbocycles. The zero-order chi connectivity index (χ0) is 19.6.